The molecule has 0 aliphatic carbocycles. The minimum absolute atomic E-state index is 0.783. The first-order valence-electron chi connectivity index (χ1n) is 5.99. The first kappa shape index (κ1) is 12.6. The van der Waals surface area contributed by atoms with E-state index in [1.807, 2.05) is 19.9 Å². The fourth-order valence-electron chi connectivity index (χ4n) is 2.01. The number of nitrogens with zero attached hydrogens (tertiary/aromatic N) is 2. The molecule has 1 heterocycles. The van der Waals surface area contributed by atoms with Crippen LogP contribution in [0.4, 0.5) is 0 Å². The molecule has 0 fully saturated rings. The molecular weight excluding hydrogens is 224 g/mol. The Morgan fingerprint density at radius 1 is 0.889 bits per heavy atom. The van der Waals surface area contributed by atoms with Gasteiger partial charge in [-0.2, -0.15) is 0 Å². The Bertz CT molecular complexity index is 571. The van der Waals surface area contributed by atoms with Gasteiger partial charge in [0.1, 0.15) is 11.6 Å². The van der Waals surface area contributed by atoms with Gasteiger partial charge in [0, 0.05) is 11.3 Å². The highest BCUT2D eigenvalue weighted by Gasteiger charge is 2.10. The summed E-state index contributed by atoms with van der Waals surface area (Å²) in [7, 11) is 1.69. The molecule has 0 aliphatic heterocycles. The molecule has 94 valence electrons. The van der Waals surface area contributed by atoms with Crippen LogP contribution in [0.5, 0.6) is 5.75 Å². The maximum Gasteiger partial charge on any atom is 0.128 e. The number of methoxy groups -OCH3 is 1. The highest BCUT2D eigenvalue weighted by molar-refractivity contribution is 5.69. The molecule has 0 bridgehead atoms. The van der Waals surface area contributed by atoms with E-state index < -0.39 is 0 Å². The molecule has 2 rings (SSSR count). The lowest BCUT2D eigenvalue weighted by atomic mass is 10.0. The average Bonchev–Trinajstić information content (AvgIpc) is 2.30. The van der Waals surface area contributed by atoms with Gasteiger partial charge in [0.25, 0.3) is 0 Å². The number of hydrogen-bond acceptors (Lipinski definition) is 3. The van der Waals surface area contributed by atoms with Crippen LogP contribution in [-0.2, 0) is 0 Å². The molecule has 2 aromatic rings. The number of ether oxygens (including phenoxy) is 1. The fourth-order valence-corrected chi connectivity index (χ4v) is 2.01. The zero-order valence-electron chi connectivity index (χ0n) is 11.5. The topological polar surface area (TPSA) is 35.0 Å². The molecular formula is C15H18N2O. The summed E-state index contributed by atoms with van der Waals surface area (Å²) in [6.45, 7) is 8.06. The minimum Gasteiger partial charge on any atom is -0.496 e. The summed E-state index contributed by atoms with van der Waals surface area (Å²) in [5.41, 5.74) is 5.37. The molecule has 0 aliphatic rings. The zero-order valence-corrected chi connectivity index (χ0v) is 11.5. The molecule has 3 heteroatoms. The third-order valence-corrected chi connectivity index (χ3v) is 3.06. The summed E-state index contributed by atoms with van der Waals surface area (Å²) < 4.78 is 5.45. The third kappa shape index (κ3) is 2.35. The van der Waals surface area contributed by atoms with Crippen LogP contribution in [0.2, 0.25) is 0 Å². The van der Waals surface area contributed by atoms with Gasteiger partial charge in [0.05, 0.1) is 12.8 Å². The Morgan fingerprint density at radius 3 is 2.17 bits per heavy atom. The number of aryl methyl sites for hydroxylation is 4. The SMILES string of the molecule is COc1cc(C)c(C)cc1-c1cc(C)nc(C)n1. The van der Waals surface area contributed by atoms with Gasteiger partial charge in [0.2, 0.25) is 0 Å². The predicted octanol–water partition coefficient (Wildman–Crippen LogP) is 3.39. The van der Waals surface area contributed by atoms with Gasteiger partial charge < -0.3 is 4.74 Å². The maximum absolute atomic E-state index is 5.45. The van der Waals surface area contributed by atoms with Gasteiger partial charge in [-0.3, -0.25) is 0 Å². The molecule has 0 spiro atoms. The number of aromatic nitrogens is 2. The molecule has 3 nitrogen and oxygen atoms in total. The quantitative estimate of drug-likeness (QED) is 0.809. The monoisotopic (exact) mass is 242 g/mol. The Morgan fingerprint density at radius 2 is 1.56 bits per heavy atom. The van der Waals surface area contributed by atoms with Crippen molar-refractivity contribution in [2.45, 2.75) is 27.7 Å². The highest BCUT2D eigenvalue weighted by atomic mass is 16.5. The lowest BCUT2D eigenvalue weighted by Crippen LogP contribution is -1.97. The zero-order chi connectivity index (χ0) is 13.3. The molecule has 0 unspecified atom stereocenters. The van der Waals surface area contributed by atoms with Gasteiger partial charge in [-0.15, -0.1) is 0 Å². The molecule has 0 N–H and O–H groups in total. The van der Waals surface area contributed by atoms with Crippen LogP contribution in [-0.4, -0.2) is 17.1 Å². The Labute approximate surface area is 108 Å². The first-order valence-corrected chi connectivity index (χ1v) is 5.99. The van der Waals surface area contributed by atoms with Crippen LogP contribution < -0.4 is 4.74 Å². The van der Waals surface area contributed by atoms with Crippen LogP contribution >= 0.6 is 0 Å². The van der Waals surface area contributed by atoms with Crippen molar-refractivity contribution >= 4 is 0 Å². The van der Waals surface area contributed by atoms with Crippen LogP contribution in [0.15, 0.2) is 18.2 Å². The Hall–Kier alpha value is -1.90. The number of benzene rings is 1. The molecule has 0 atom stereocenters. The summed E-state index contributed by atoms with van der Waals surface area (Å²) >= 11 is 0. The van der Waals surface area contributed by atoms with E-state index in [1.165, 1.54) is 11.1 Å². The van der Waals surface area contributed by atoms with E-state index >= 15 is 0 Å². The van der Waals surface area contributed by atoms with E-state index in [4.69, 9.17) is 4.74 Å². The lowest BCUT2D eigenvalue weighted by Gasteiger charge is -2.12. The van der Waals surface area contributed by atoms with Crippen LogP contribution in [0, 0.1) is 27.7 Å². The summed E-state index contributed by atoms with van der Waals surface area (Å²) in [6, 6.07) is 6.16. The smallest absolute Gasteiger partial charge is 0.128 e. The molecule has 18 heavy (non-hydrogen) atoms. The molecule has 0 amide bonds. The van der Waals surface area contributed by atoms with E-state index in [1.54, 1.807) is 7.11 Å². The van der Waals surface area contributed by atoms with E-state index in [0.29, 0.717) is 0 Å². The van der Waals surface area contributed by atoms with Crippen LogP contribution in [0.1, 0.15) is 22.6 Å². The Balaban J connectivity index is 2.65. The maximum atomic E-state index is 5.45. The minimum atomic E-state index is 0.783. The fraction of sp³-hybridized carbons (Fsp3) is 0.333. The van der Waals surface area contributed by atoms with E-state index in [2.05, 4.69) is 35.9 Å². The largest absolute Gasteiger partial charge is 0.496 e. The van der Waals surface area contributed by atoms with Crippen LogP contribution in [0.25, 0.3) is 11.3 Å². The highest BCUT2D eigenvalue weighted by Crippen LogP contribution is 2.31. The molecule has 0 saturated carbocycles. The van der Waals surface area contributed by atoms with E-state index in [9.17, 15) is 0 Å². The van der Waals surface area contributed by atoms with Crippen molar-refractivity contribution in [1.29, 1.82) is 0 Å². The van der Waals surface area contributed by atoms with Gasteiger partial charge >= 0.3 is 0 Å². The van der Waals surface area contributed by atoms with E-state index in [-0.39, 0.29) is 0 Å². The third-order valence-electron chi connectivity index (χ3n) is 3.06. The van der Waals surface area contributed by atoms with Crippen molar-refractivity contribution in [3.63, 3.8) is 0 Å². The Kier molecular flexibility index (Phi) is 3.32. The standard InChI is InChI=1S/C15H18N2O/c1-9-6-13(15(18-5)7-10(9)2)14-8-11(3)16-12(4)17-14/h6-8H,1-5H3. The summed E-state index contributed by atoms with van der Waals surface area (Å²) in [5.74, 6) is 1.64. The van der Waals surface area contributed by atoms with Gasteiger partial charge in [-0.25, -0.2) is 9.97 Å². The second-order valence-electron chi connectivity index (χ2n) is 4.58. The summed E-state index contributed by atoms with van der Waals surface area (Å²) in [6.07, 6.45) is 0. The molecule has 0 radical (unpaired) electrons. The van der Waals surface area contributed by atoms with Crippen molar-refractivity contribution in [1.82, 2.24) is 9.97 Å². The lowest BCUT2D eigenvalue weighted by molar-refractivity contribution is 0.416. The van der Waals surface area contributed by atoms with Crippen molar-refractivity contribution in [3.05, 3.63) is 40.8 Å². The number of hydrogen-bond donors (Lipinski definition) is 0. The van der Waals surface area contributed by atoms with Gasteiger partial charge in [0.15, 0.2) is 0 Å². The van der Waals surface area contributed by atoms with Crippen LogP contribution in [0.3, 0.4) is 0 Å². The molecule has 1 aromatic heterocycles. The van der Waals surface area contributed by atoms with Crippen molar-refractivity contribution in [2.75, 3.05) is 7.11 Å². The number of rotatable bonds is 2. The van der Waals surface area contributed by atoms with Gasteiger partial charge in [-0.1, -0.05) is 0 Å². The van der Waals surface area contributed by atoms with Crippen molar-refractivity contribution < 1.29 is 4.74 Å². The summed E-state index contributed by atoms with van der Waals surface area (Å²) in [4.78, 5) is 8.80. The predicted molar refractivity (Wildman–Crippen MR) is 73.0 cm³/mol. The first-order chi connectivity index (χ1) is 8.51. The molecule has 0 saturated heterocycles. The average molecular weight is 242 g/mol. The summed E-state index contributed by atoms with van der Waals surface area (Å²) in [5, 5.41) is 0. The molecule has 1 aromatic carbocycles. The van der Waals surface area contributed by atoms with E-state index in [0.717, 1.165) is 28.5 Å². The van der Waals surface area contributed by atoms with Crippen molar-refractivity contribution in [2.24, 2.45) is 0 Å². The second kappa shape index (κ2) is 4.77. The van der Waals surface area contributed by atoms with Gasteiger partial charge in [-0.05, 0) is 57.0 Å². The second-order valence-corrected chi connectivity index (χ2v) is 4.58. The normalized spacial score (nSPS) is 10.5. The van der Waals surface area contributed by atoms with Crippen molar-refractivity contribution in [3.8, 4) is 17.0 Å².